The van der Waals surface area contributed by atoms with Crippen molar-refractivity contribution in [3.8, 4) is 0 Å². The number of carbonyl (C=O) groups is 1. The zero-order valence-electron chi connectivity index (χ0n) is 14.2. The first-order valence-electron chi connectivity index (χ1n) is 8.12. The molecule has 0 saturated carbocycles. The smallest absolute Gasteiger partial charge is 0.294 e. The van der Waals surface area contributed by atoms with Gasteiger partial charge in [0.15, 0.2) is 11.0 Å². The minimum absolute atomic E-state index is 0.00616. The molecule has 1 aromatic heterocycles. The van der Waals surface area contributed by atoms with Crippen molar-refractivity contribution in [2.75, 3.05) is 12.4 Å². The number of amidine groups is 1. The van der Waals surface area contributed by atoms with Gasteiger partial charge in [-0.25, -0.2) is 4.98 Å². The molecule has 1 atom stereocenters. The Kier molecular flexibility index (Phi) is 4.94. The summed E-state index contributed by atoms with van der Waals surface area (Å²) in [5, 5.41) is 13.2. The molecular formula is C17H19ClN6O2. The van der Waals surface area contributed by atoms with Crippen molar-refractivity contribution in [2.45, 2.75) is 25.4 Å². The highest BCUT2D eigenvalue weighted by molar-refractivity contribution is 6.30. The van der Waals surface area contributed by atoms with Crippen molar-refractivity contribution in [1.29, 1.82) is 5.41 Å². The number of aromatic nitrogens is 2. The molecule has 0 aliphatic carbocycles. The number of carbonyl (C=O) groups excluding carboxylic acids is 1. The molecule has 9 heteroatoms. The quantitative estimate of drug-likeness (QED) is 0.459. The van der Waals surface area contributed by atoms with Gasteiger partial charge >= 0.3 is 0 Å². The van der Waals surface area contributed by atoms with E-state index in [1.54, 1.807) is 31.3 Å². The molecule has 1 aliphatic rings. The van der Waals surface area contributed by atoms with E-state index in [2.05, 4.69) is 15.6 Å². The van der Waals surface area contributed by atoms with Crippen LogP contribution in [-0.4, -0.2) is 28.3 Å². The lowest BCUT2D eigenvalue weighted by Gasteiger charge is -2.16. The molecule has 0 bridgehead atoms. The van der Waals surface area contributed by atoms with Gasteiger partial charge in [-0.1, -0.05) is 35.9 Å². The molecule has 0 saturated heterocycles. The number of hydrogen-bond donors (Lipinski definition) is 4. The lowest BCUT2D eigenvalue weighted by atomic mass is 10.1. The average molecular weight is 375 g/mol. The monoisotopic (exact) mass is 374 g/mol. The summed E-state index contributed by atoms with van der Waals surface area (Å²) in [6.07, 6.45) is 1.02. The van der Waals surface area contributed by atoms with Crippen molar-refractivity contribution < 1.29 is 4.79 Å². The van der Waals surface area contributed by atoms with Gasteiger partial charge in [-0.15, -0.1) is 0 Å². The highest BCUT2D eigenvalue weighted by Crippen LogP contribution is 2.28. The maximum absolute atomic E-state index is 12.6. The van der Waals surface area contributed by atoms with Gasteiger partial charge in [0.25, 0.3) is 5.56 Å². The Hall–Kier alpha value is -2.87. The van der Waals surface area contributed by atoms with Gasteiger partial charge in [0, 0.05) is 19.2 Å². The van der Waals surface area contributed by atoms with E-state index in [0.717, 1.165) is 5.56 Å². The van der Waals surface area contributed by atoms with Gasteiger partial charge < -0.3 is 16.4 Å². The topological polar surface area (TPSA) is 126 Å². The third kappa shape index (κ3) is 3.28. The fraction of sp³-hybridized carbons (Fsp3) is 0.294. The van der Waals surface area contributed by atoms with Crippen LogP contribution in [0.25, 0.3) is 0 Å². The Bertz CT molecular complexity index is 922. The highest BCUT2D eigenvalue weighted by atomic mass is 35.5. The number of amides is 1. The third-order valence-corrected chi connectivity index (χ3v) is 4.70. The fourth-order valence-electron chi connectivity index (χ4n) is 3.02. The average Bonchev–Trinajstić information content (AvgIpc) is 3.09. The van der Waals surface area contributed by atoms with Crippen molar-refractivity contribution >= 4 is 29.2 Å². The fourth-order valence-corrected chi connectivity index (χ4v) is 3.29. The van der Waals surface area contributed by atoms with Crippen LogP contribution in [-0.2, 0) is 17.8 Å². The van der Waals surface area contributed by atoms with Gasteiger partial charge in [-0.2, -0.15) is 0 Å². The summed E-state index contributed by atoms with van der Waals surface area (Å²) < 4.78 is 1.43. The Morgan fingerprint density at radius 3 is 2.73 bits per heavy atom. The van der Waals surface area contributed by atoms with E-state index in [9.17, 15) is 9.59 Å². The minimum atomic E-state index is -0.610. The number of anilines is 1. The van der Waals surface area contributed by atoms with Crippen LogP contribution >= 0.6 is 11.6 Å². The number of benzene rings is 1. The second-order valence-corrected chi connectivity index (χ2v) is 6.36. The zero-order valence-corrected chi connectivity index (χ0v) is 14.9. The van der Waals surface area contributed by atoms with Crippen LogP contribution in [0.15, 0.2) is 29.1 Å². The standard InChI is InChI=1S/C17H19ClN6O2/c1-21-15-17(26)24-11(13(18)23-15)6-7-12(24)16(25)22-8-9-2-4-10(5-3-9)14(19)20/h2-5,12H,6-8H2,1H3,(H3,19,20)(H,21,23)(H,22,25)/t12-/m0/s1. The predicted molar refractivity (Wildman–Crippen MR) is 99.7 cm³/mol. The van der Waals surface area contributed by atoms with Crippen molar-refractivity contribution in [1.82, 2.24) is 14.9 Å². The molecule has 0 unspecified atom stereocenters. The summed E-state index contributed by atoms with van der Waals surface area (Å²) in [7, 11) is 1.59. The Morgan fingerprint density at radius 1 is 1.42 bits per heavy atom. The second kappa shape index (κ2) is 7.17. The van der Waals surface area contributed by atoms with Gasteiger partial charge in [0.2, 0.25) is 5.91 Å². The predicted octanol–water partition coefficient (Wildman–Crippen LogP) is 1.03. The van der Waals surface area contributed by atoms with E-state index in [0.29, 0.717) is 30.6 Å². The lowest BCUT2D eigenvalue weighted by molar-refractivity contribution is -0.124. The molecule has 0 fully saturated rings. The molecule has 5 N–H and O–H groups in total. The molecule has 136 valence electrons. The van der Waals surface area contributed by atoms with E-state index in [4.69, 9.17) is 22.7 Å². The number of nitrogen functional groups attached to an aromatic ring is 1. The second-order valence-electron chi connectivity index (χ2n) is 6.01. The first-order valence-corrected chi connectivity index (χ1v) is 8.50. The van der Waals surface area contributed by atoms with Crippen LogP contribution in [0, 0.1) is 5.41 Å². The molecule has 0 spiro atoms. The maximum Gasteiger partial charge on any atom is 0.294 e. The number of nitrogens with two attached hydrogens (primary N) is 1. The van der Waals surface area contributed by atoms with E-state index in [1.807, 2.05) is 0 Å². The number of nitrogens with one attached hydrogen (secondary N) is 3. The molecule has 8 nitrogen and oxygen atoms in total. The number of fused-ring (bicyclic) bond motifs is 1. The van der Waals surface area contributed by atoms with Crippen molar-refractivity contribution in [3.63, 3.8) is 0 Å². The summed E-state index contributed by atoms with van der Waals surface area (Å²) in [5.41, 5.74) is 7.15. The maximum atomic E-state index is 12.6. The van der Waals surface area contributed by atoms with E-state index in [1.165, 1.54) is 4.57 Å². The van der Waals surface area contributed by atoms with Crippen LogP contribution < -0.4 is 21.9 Å². The SMILES string of the molecule is CNc1nc(Cl)c2n(c1=O)[C@H](C(=O)NCc1ccc(C(=N)N)cc1)CC2. The number of hydrogen-bond acceptors (Lipinski definition) is 5. The summed E-state index contributed by atoms with van der Waals surface area (Å²) in [6.45, 7) is 0.315. The van der Waals surface area contributed by atoms with Gasteiger partial charge in [0.1, 0.15) is 11.9 Å². The van der Waals surface area contributed by atoms with Crippen LogP contribution in [0.2, 0.25) is 5.15 Å². The summed E-state index contributed by atoms with van der Waals surface area (Å²) in [4.78, 5) is 29.1. The molecule has 3 rings (SSSR count). The molecule has 1 amide bonds. The van der Waals surface area contributed by atoms with Crippen LogP contribution in [0.3, 0.4) is 0 Å². The lowest BCUT2D eigenvalue weighted by Crippen LogP contribution is -2.36. The largest absolute Gasteiger partial charge is 0.384 e. The minimum Gasteiger partial charge on any atom is -0.384 e. The van der Waals surface area contributed by atoms with Crippen LogP contribution in [0.5, 0.6) is 0 Å². The van der Waals surface area contributed by atoms with Crippen LogP contribution in [0.4, 0.5) is 5.82 Å². The van der Waals surface area contributed by atoms with Crippen LogP contribution in [0.1, 0.15) is 29.3 Å². The zero-order chi connectivity index (χ0) is 18.8. The molecule has 1 aromatic carbocycles. The highest BCUT2D eigenvalue weighted by Gasteiger charge is 2.32. The molecule has 0 radical (unpaired) electrons. The number of nitrogens with zero attached hydrogens (tertiary/aromatic N) is 2. The van der Waals surface area contributed by atoms with Crippen molar-refractivity contribution in [2.24, 2.45) is 5.73 Å². The Labute approximate surface area is 154 Å². The normalized spacial score (nSPS) is 15.4. The number of rotatable bonds is 5. The van der Waals surface area contributed by atoms with Gasteiger partial charge in [-0.05, 0) is 18.4 Å². The van der Waals surface area contributed by atoms with Crippen molar-refractivity contribution in [3.05, 3.63) is 56.6 Å². The molecule has 2 aromatic rings. The Morgan fingerprint density at radius 2 is 2.12 bits per heavy atom. The van der Waals surface area contributed by atoms with E-state index in [-0.39, 0.29) is 28.3 Å². The third-order valence-electron chi connectivity index (χ3n) is 4.40. The van der Waals surface area contributed by atoms with E-state index < -0.39 is 6.04 Å². The van der Waals surface area contributed by atoms with Gasteiger partial charge in [-0.3, -0.25) is 19.6 Å². The first kappa shape index (κ1) is 17.9. The summed E-state index contributed by atoms with van der Waals surface area (Å²) >= 11 is 6.14. The summed E-state index contributed by atoms with van der Waals surface area (Å²) in [6, 6.07) is 6.44. The number of halogens is 1. The van der Waals surface area contributed by atoms with E-state index >= 15 is 0 Å². The molecular weight excluding hydrogens is 356 g/mol. The molecule has 26 heavy (non-hydrogen) atoms. The Balaban J connectivity index is 1.76. The first-order chi connectivity index (χ1) is 12.4. The summed E-state index contributed by atoms with van der Waals surface area (Å²) in [5.74, 6) is -0.127. The molecule has 2 heterocycles. The van der Waals surface area contributed by atoms with Gasteiger partial charge in [0.05, 0.1) is 5.69 Å². The molecule has 1 aliphatic heterocycles.